The summed E-state index contributed by atoms with van der Waals surface area (Å²) in [5.74, 6) is 0.404. The van der Waals surface area contributed by atoms with Gasteiger partial charge in [-0.3, -0.25) is 0 Å². The Morgan fingerprint density at radius 1 is 1.20 bits per heavy atom. The fraction of sp³-hybridized carbons (Fsp3) is 0.214. The Morgan fingerprint density at radius 2 is 1.95 bits per heavy atom. The van der Waals surface area contributed by atoms with Gasteiger partial charge >= 0.3 is 6.18 Å². The minimum Gasteiger partial charge on any atom is -0.494 e. The third-order valence-electron chi connectivity index (χ3n) is 2.81. The minimum atomic E-state index is -4.39. The van der Waals surface area contributed by atoms with Crippen LogP contribution in [0.3, 0.4) is 0 Å². The van der Waals surface area contributed by atoms with E-state index in [1.165, 1.54) is 13.2 Å². The lowest BCUT2D eigenvalue weighted by Gasteiger charge is -2.12. The standard InChI is InChI=1S/C14H11BF3NO/c1-20-12-6-5-11(8-15)19-13(12)9-3-2-4-10(7-9)14(16,17)18/h2-7H,8H2,1H3. The molecule has 2 rings (SSSR count). The van der Waals surface area contributed by atoms with Crippen LogP contribution in [0.15, 0.2) is 36.4 Å². The summed E-state index contributed by atoms with van der Waals surface area (Å²) in [5.41, 5.74) is 0.545. The van der Waals surface area contributed by atoms with E-state index in [9.17, 15) is 13.2 Å². The highest BCUT2D eigenvalue weighted by molar-refractivity contribution is 6.08. The number of nitrogens with zero attached hydrogens (tertiary/aromatic N) is 1. The van der Waals surface area contributed by atoms with Crippen LogP contribution in [0.1, 0.15) is 11.3 Å². The van der Waals surface area contributed by atoms with Crippen molar-refractivity contribution in [2.75, 3.05) is 7.11 Å². The monoisotopic (exact) mass is 277 g/mol. The van der Waals surface area contributed by atoms with Gasteiger partial charge in [-0.05, 0) is 30.6 Å². The molecule has 0 saturated heterocycles. The number of alkyl halides is 3. The first kappa shape index (κ1) is 14.4. The maximum atomic E-state index is 12.7. The van der Waals surface area contributed by atoms with E-state index < -0.39 is 11.7 Å². The van der Waals surface area contributed by atoms with Gasteiger partial charge in [0.2, 0.25) is 0 Å². The molecule has 1 heterocycles. The third-order valence-corrected chi connectivity index (χ3v) is 2.81. The van der Waals surface area contributed by atoms with Gasteiger partial charge in [-0.1, -0.05) is 12.1 Å². The molecule has 0 spiro atoms. The Labute approximate surface area is 116 Å². The molecule has 2 aromatic rings. The first-order valence-corrected chi connectivity index (χ1v) is 5.87. The predicted octanol–water partition coefficient (Wildman–Crippen LogP) is 3.44. The lowest BCUT2D eigenvalue weighted by Crippen LogP contribution is -2.05. The molecule has 0 aliphatic heterocycles. The highest BCUT2D eigenvalue weighted by Gasteiger charge is 2.30. The number of rotatable bonds is 3. The largest absolute Gasteiger partial charge is 0.494 e. The zero-order valence-electron chi connectivity index (χ0n) is 10.7. The smallest absolute Gasteiger partial charge is 0.416 e. The van der Waals surface area contributed by atoms with Crippen molar-refractivity contribution in [1.82, 2.24) is 4.98 Å². The summed E-state index contributed by atoms with van der Waals surface area (Å²) in [6, 6.07) is 8.28. The van der Waals surface area contributed by atoms with E-state index in [-0.39, 0.29) is 6.32 Å². The SMILES string of the molecule is [B]Cc1ccc(OC)c(-c2cccc(C(F)(F)F)c2)n1. The molecule has 0 unspecified atom stereocenters. The van der Waals surface area contributed by atoms with Crippen molar-refractivity contribution >= 4 is 7.85 Å². The number of halogens is 3. The summed E-state index contributed by atoms with van der Waals surface area (Å²) in [6.45, 7) is 0. The van der Waals surface area contributed by atoms with E-state index in [1.54, 1.807) is 18.2 Å². The zero-order valence-corrected chi connectivity index (χ0v) is 10.7. The molecular weight excluding hydrogens is 266 g/mol. The number of pyridine rings is 1. The molecule has 20 heavy (non-hydrogen) atoms. The molecule has 0 N–H and O–H groups in total. The van der Waals surface area contributed by atoms with E-state index in [2.05, 4.69) is 4.98 Å². The number of aromatic nitrogens is 1. The van der Waals surface area contributed by atoms with Gasteiger partial charge in [0.05, 0.1) is 20.5 Å². The van der Waals surface area contributed by atoms with Crippen molar-refractivity contribution in [3.8, 4) is 17.0 Å². The molecule has 0 saturated carbocycles. The van der Waals surface area contributed by atoms with Crippen LogP contribution >= 0.6 is 0 Å². The maximum absolute atomic E-state index is 12.7. The Morgan fingerprint density at radius 3 is 2.55 bits per heavy atom. The van der Waals surface area contributed by atoms with Crippen LogP contribution in [-0.4, -0.2) is 19.9 Å². The van der Waals surface area contributed by atoms with E-state index in [4.69, 9.17) is 12.6 Å². The Bertz CT molecular complexity index is 614. The maximum Gasteiger partial charge on any atom is 0.416 e. The predicted molar refractivity (Wildman–Crippen MR) is 70.7 cm³/mol. The van der Waals surface area contributed by atoms with Crippen molar-refractivity contribution in [1.29, 1.82) is 0 Å². The topological polar surface area (TPSA) is 22.1 Å². The van der Waals surface area contributed by atoms with Crippen LogP contribution in [-0.2, 0) is 12.5 Å². The Balaban J connectivity index is 2.55. The van der Waals surface area contributed by atoms with E-state index in [1.807, 2.05) is 0 Å². The number of hydrogen-bond acceptors (Lipinski definition) is 2. The van der Waals surface area contributed by atoms with Crippen LogP contribution < -0.4 is 4.74 Å². The summed E-state index contributed by atoms with van der Waals surface area (Å²) in [6.07, 6.45) is -4.19. The summed E-state index contributed by atoms with van der Waals surface area (Å²) in [7, 11) is 6.94. The third kappa shape index (κ3) is 2.95. The molecule has 2 nitrogen and oxygen atoms in total. The van der Waals surface area contributed by atoms with Gasteiger partial charge in [0, 0.05) is 11.3 Å². The first-order chi connectivity index (χ1) is 9.45. The molecule has 0 aliphatic rings. The van der Waals surface area contributed by atoms with Crippen LogP contribution in [0.4, 0.5) is 13.2 Å². The van der Waals surface area contributed by atoms with Gasteiger partial charge in [-0.25, -0.2) is 4.98 Å². The van der Waals surface area contributed by atoms with Crippen molar-refractivity contribution in [3.63, 3.8) is 0 Å². The summed E-state index contributed by atoms with van der Waals surface area (Å²) in [5, 5.41) is 0. The van der Waals surface area contributed by atoms with Crippen molar-refractivity contribution in [2.45, 2.75) is 12.5 Å². The second-order valence-electron chi connectivity index (χ2n) is 4.14. The molecule has 1 aromatic carbocycles. The molecule has 1 aromatic heterocycles. The van der Waals surface area contributed by atoms with Gasteiger partial charge in [-0.2, -0.15) is 13.2 Å². The quantitative estimate of drug-likeness (QED) is 0.802. The number of benzene rings is 1. The van der Waals surface area contributed by atoms with Crippen LogP contribution in [0, 0.1) is 0 Å². The van der Waals surface area contributed by atoms with E-state index >= 15 is 0 Å². The highest BCUT2D eigenvalue weighted by Crippen LogP contribution is 2.34. The molecular formula is C14H11BF3NO. The van der Waals surface area contributed by atoms with Gasteiger partial charge in [0.1, 0.15) is 11.4 Å². The average Bonchev–Trinajstić information content (AvgIpc) is 2.45. The van der Waals surface area contributed by atoms with Gasteiger partial charge in [-0.15, -0.1) is 0 Å². The molecule has 0 fully saturated rings. The molecule has 0 bridgehead atoms. The van der Waals surface area contributed by atoms with E-state index in [0.717, 1.165) is 12.1 Å². The van der Waals surface area contributed by atoms with Crippen molar-refractivity contribution in [2.24, 2.45) is 0 Å². The lowest BCUT2D eigenvalue weighted by molar-refractivity contribution is -0.137. The van der Waals surface area contributed by atoms with Gasteiger partial charge in [0.15, 0.2) is 0 Å². The molecule has 2 radical (unpaired) electrons. The fourth-order valence-electron chi connectivity index (χ4n) is 1.81. The van der Waals surface area contributed by atoms with Gasteiger partial charge < -0.3 is 4.74 Å². The van der Waals surface area contributed by atoms with Crippen LogP contribution in [0.25, 0.3) is 11.3 Å². The fourth-order valence-corrected chi connectivity index (χ4v) is 1.81. The van der Waals surface area contributed by atoms with Crippen LogP contribution in [0.5, 0.6) is 5.75 Å². The normalized spacial score (nSPS) is 11.4. The summed E-state index contributed by atoms with van der Waals surface area (Å²) in [4.78, 5) is 4.24. The lowest BCUT2D eigenvalue weighted by atomic mass is 10.00. The average molecular weight is 277 g/mol. The second-order valence-corrected chi connectivity index (χ2v) is 4.14. The first-order valence-electron chi connectivity index (χ1n) is 5.87. The number of hydrogen-bond donors (Lipinski definition) is 0. The van der Waals surface area contributed by atoms with Crippen LogP contribution in [0.2, 0.25) is 0 Å². The number of ether oxygens (including phenoxy) is 1. The molecule has 0 aliphatic carbocycles. The molecule has 0 atom stereocenters. The molecule has 0 amide bonds. The van der Waals surface area contributed by atoms with Crippen molar-refractivity contribution in [3.05, 3.63) is 47.7 Å². The number of methoxy groups -OCH3 is 1. The minimum absolute atomic E-state index is 0.204. The second kappa shape index (κ2) is 5.57. The van der Waals surface area contributed by atoms with Crippen molar-refractivity contribution < 1.29 is 17.9 Å². The van der Waals surface area contributed by atoms with E-state index in [0.29, 0.717) is 22.7 Å². The summed E-state index contributed by atoms with van der Waals surface area (Å²) >= 11 is 0. The Hall–Kier alpha value is -1.98. The zero-order chi connectivity index (χ0) is 14.8. The molecule has 102 valence electrons. The highest BCUT2D eigenvalue weighted by atomic mass is 19.4. The van der Waals surface area contributed by atoms with Gasteiger partial charge in [0.25, 0.3) is 0 Å². The Kier molecular flexibility index (Phi) is 4.02. The summed E-state index contributed by atoms with van der Waals surface area (Å²) < 4.78 is 43.4. The molecule has 6 heteroatoms.